The lowest BCUT2D eigenvalue weighted by Gasteiger charge is -2.11. The van der Waals surface area contributed by atoms with Gasteiger partial charge in [-0.1, -0.05) is 5.57 Å². The zero-order chi connectivity index (χ0) is 9.84. The summed E-state index contributed by atoms with van der Waals surface area (Å²) in [5.41, 5.74) is 2.11. The van der Waals surface area contributed by atoms with Crippen LogP contribution < -0.4 is 5.32 Å². The second kappa shape index (κ2) is 4.42. The summed E-state index contributed by atoms with van der Waals surface area (Å²) in [4.78, 5) is 11.5. The van der Waals surface area contributed by atoms with Crippen LogP contribution in [0.15, 0.2) is 11.1 Å². The molecule has 0 aliphatic heterocycles. The minimum Gasteiger partial charge on any atom is -0.394 e. The van der Waals surface area contributed by atoms with E-state index in [4.69, 9.17) is 5.11 Å². The van der Waals surface area contributed by atoms with Crippen molar-refractivity contribution < 1.29 is 9.90 Å². The van der Waals surface area contributed by atoms with Crippen LogP contribution in [0.2, 0.25) is 0 Å². The summed E-state index contributed by atoms with van der Waals surface area (Å²) < 4.78 is 0. The number of nitrogens with one attached hydrogen (secondary N) is 1. The molecule has 0 bridgehead atoms. The molecule has 2 N–H and O–H groups in total. The molecule has 0 radical (unpaired) electrons. The summed E-state index contributed by atoms with van der Waals surface area (Å²) >= 11 is 0. The third-order valence-corrected chi connectivity index (χ3v) is 2.42. The van der Waals surface area contributed by atoms with Crippen molar-refractivity contribution in [2.45, 2.75) is 39.2 Å². The predicted molar refractivity (Wildman–Crippen MR) is 51.2 cm³/mol. The van der Waals surface area contributed by atoms with Gasteiger partial charge < -0.3 is 10.4 Å². The maximum Gasteiger partial charge on any atom is 0.247 e. The van der Waals surface area contributed by atoms with Crippen molar-refractivity contribution in [2.24, 2.45) is 0 Å². The van der Waals surface area contributed by atoms with Gasteiger partial charge in [-0.05, 0) is 33.1 Å². The number of carbonyl (C=O) groups excluding carboxylic acids is 1. The Morgan fingerprint density at radius 3 is 2.77 bits per heavy atom. The highest BCUT2D eigenvalue weighted by molar-refractivity contribution is 5.94. The molecule has 0 saturated carbocycles. The van der Waals surface area contributed by atoms with Crippen molar-refractivity contribution in [1.82, 2.24) is 5.32 Å². The summed E-state index contributed by atoms with van der Waals surface area (Å²) in [6, 6.07) is -0.145. The van der Waals surface area contributed by atoms with Crippen LogP contribution in [0.1, 0.15) is 33.1 Å². The van der Waals surface area contributed by atoms with E-state index in [-0.39, 0.29) is 18.6 Å². The smallest absolute Gasteiger partial charge is 0.247 e. The molecule has 1 rings (SSSR count). The van der Waals surface area contributed by atoms with Crippen LogP contribution in [0.25, 0.3) is 0 Å². The molecule has 1 aliphatic rings. The third-order valence-electron chi connectivity index (χ3n) is 2.42. The maximum absolute atomic E-state index is 11.5. The first-order valence-electron chi connectivity index (χ1n) is 4.75. The fraction of sp³-hybridized carbons (Fsp3) is 0.700. The average Bonchev–Trinajstić information content (AvgIpc) is 2.51. The van der Waals surface area contributed by atoms with E-state index < -0.39 is 0 Å². The Kier molecular flexibility index (Phi) is 3.48. The first kappa shape index (κ1) is 10.3. The highest BCUT2D eigenvalue weighted by Crippen LogP contribution is 2.25. The summed E-state index contributed by atoms with van der Waals surface area (Å²) in [5.74, 6) is -0.00319. The Morgan fingerprint density at radius 2 is 2.31 bits per heavy atom. The SMILES string of the molecule is CC1=C(C(=O)N[C@@H](C)CO)CCC1. The predicted octanol–water partition coefficient (Wildman–Crippen LogP) is 0.984. The molecular formula is C10H17NO2. The largest absolute Gasteiger partial charge is 0.394 e. The van der Waals surface area contributed by atoms with E-state index in [1.165, 1.54) is 5.57 Å². The Bertz CT molecular complexity index is 233. The monoisotopic (exact) mass is 183 g/mol. The van der Waals surface area contributed by atoms with Crippen molar-refractivity contribution >= 4 is 5.91 Å². The van der Waals surface area contributed by atoms with Gasteiger partial charge in [-0.3, -0.25) is 4.79 Å². The molecule has 74 valence electrons. The molecule has 0 aromatic rings. The molecule has 13 heavy (non-hydrogen) atoms. The summed E-state index contributed by atoms with van der Waals surface area (Å²) in [7, 11) is 0. The molecule has 1 amide bonds. The Labute approximate surface area is 78.8 Å². The first-order valence-corrected chi connectivity index (χ1v) is 4.75. The van der Waals surface area contributed by atoms with Crippen molar-refractivity contribution in [3.8, 4) is 0 Å². The number of amides is 1. The lowest BCUT2D eigenvalue weighted by atomic mass is 10.1. The zero-order valence-corrected chi connectivity index (χ0v) is 8.26. The van der Waals surface area contributed by atoms with Crippen molar-refractivity contribution in [3.63, 3.8) is 0 Å². The fourth-order valence-corrected chi connectivity index (χ4v) is 1.56. The molecular weight excluding hydrogens is 166 g/mol. The van der Waals surface area contributed by atoms with Gasteiger partial charge in [0.1, 0.15) is 0 Å². The Hall–Kier alpha value is -0.830. The van der Waals surface area contributed by atoms with E-state index in [1.54, 1.807) is 6.92 Å². The van der Waals surface area contributed by atoms with Crippen LogP contribution in [0, 0.1) is 0 Å². The van der Waals surface area contributed by atoms with E-state index in [0.717, 1.165) is 24.8 Å². The van der Waals surface area contributed by atoms with Gasteiger partial charge >= 0.3 is 0 Å². The lowest BCUT2D eigenvalue weighted by molar-refractivity contribution is -0.118. The van der Waals surface area contributed by atoms with Crippen LogP contribution in [0.5, 0.6) is 0 Å². The van der Waals surface area contributed by atoms with Crippen LogP contribution >= 0.6 is 0 Å². The number of aliphatic hydroxyl groups excluding tert-OH is 1. The maximum atomic E-state index is 11.5. The zero-order valence-electron chi connectivity index (χ0n) is 8.26. The molecule has 0 aromatic carbocycles. The van der Waals surface area contributed by atoms with Gasteiger partial charge in [0.25, 0.3) is 0 Å². The van der Waals surface area contributed by atoms with Crippen molar-refractivity contribution in [3.05, 3.63) is 11.1 Å². The van der Waals surface area contributed by atoms with Gasteiger partial charge in [0.15, 0.2) is 0 Å². The van der Waals surface area contributed by atoms with Crippen LogP contribution in [0.4, 0.5) is 0 Å². The summed E-state index contributed by atoms with van der Waals surface area (Å²) in [6.07, 6.45) is 3.01. The highest BCUT2D eigenvalue weighted by Gasteiger charge is 2.18. The van der Waals surface area contributed by atoms with Gasteiger partial charge in [-0.25, -0.2) is 0 Å². The molecule has 0 aromatic heterocycles. The molecule has 0 fully saturated rings. The molecule has 0 unspecified atom stereocenters. The average molecular weight is 183 g/mol. The number of allylic oxidation sites excluding steroid dienone is 1. The third kappa shape index (κ3) is 2.56. The Morgan fingerprint density at radius 1 is 1.62 bits per heavy atom. The molecule has 1 atom stereocenters. The molecule has 0 spiro atoms. The number of carbonyl (C=O) groups is 1. The van der Waals surface area contributed by atoms with Crippen molar-refractivity contribution in [1.29, 1.82) is 0 Å². The minimum atomic E-state index is -0.145. The van der Waals surface area contributed by atoms with E-state index in [9.17, 15) is 4.79 Å². The van der Waals surface area contributed by atoms with Crippen LogP contribution in [-0.2, 0) is 4.79 Å². The minimum absolute atomic E-state index is 0.00192. The Balaban J connectivity index is 2.53. The molecule has 1 aliphatic carbocycles. The fourth-order valence-electron chi connectivity index (χ4n) is 1.56. The van der Waals surface area contributed by atoms with E-state index in [0.29, 0.717) is 0 Å². The van der Waals surface area contributed by atoms with E-state index >= 15 is 0 Å². The molecule has 3 heteroatoms. The number of aliphatic hydroxyl groups is 1. The van der Waals surface area contributed by atoms with E-state index in [2.05, 4.69) is 5.32 Å². The second-order valence-corrected chi connectivity index (χ2v) is 3.67. The van der Waals surface area contributed by atoms with Crippen LogP contribution in [-0.4, -0.2) is 23.7 Å². The van der Waals surface area contributed by atoms with Gasteiger partial charge in [-0.2, -0.15) is 0 Å². The van der Waals surface area contributed by atoms with Gasteiger partial charge in [0.05, 0.1) is 6.61 Å². The molecule has 0 saturated heterocycles. The highest BCUT2D eigenvalue weighted by atomic mass is 16.3. The van der Waals surface area contributed by atoms with E-state index in [1.807, 2.05) is 6.92 Å². The van der Waals surface area contributed by atoms with Gasteiger partial charge in [0, 0.05) is 11.6 Å². The quantitative estimate of drug-likeness (QED) is 0.685. The topological polar surface area (TPSA) is 49.3 Å². The summed E-state index contributed by atoms with van der Waals surface area (Å²) in [5, 5.41) is 11.5. The first-order chi connectivity index (χ1) is 6.15. The normalized spacial score (nSPS) is 19.0. The van der Waals surface area contributed by atoms with Gasteiger partial charge in [-0.15, -0.1) is 0 Å². The number of hydrogen-bond acceptors (Lipinski definition) is 2. The van der Waals surface area contributed by atoms with Crippen molar-refractivity contribution in [2.75, 3.05) is 6.61 Å². The van der Waals surface area contributed by atoms with Crippen LogP contribution in [0.3, 0.4) is 0 Å². The standard InChI is InChI=1S/C10H17NO2/c1-7-4-3-5-9(7)10(13)11-8(2)6-12/h8,12H,3-6H2,1-2H3,(H,11,13)/t8-/m0/s1. The number of rotatable bonds is 3. The second-order valence-electron chi connectivity index (χ2n) is 3.67. The molecule has 3 nitrogen and oxygen atoms in total. The van der Waals surface area contributed by atoms with Gasteiger partial charge in [0.2, 0.25) is 5.91 Å². The lowest BCUT2D eigenvalue weighted by Crippen LogP contribution is -2.35. The number of hydrogen-bond donors (Lipinski definition) is 2. The summed E-state index contributed by atoms with van der Waals surface area (Å²) in [6.45, 7) is 3.80. The molecule has 0 heterocycles.